The van der Waals surface area contributed by atoms with E-state index in [4.69, 9.17) is 12.2 Å². The van der Waals surface area contributed by atoms with Gasteiger partial charge >= 0.3 is 0 Å². The highest BCUT2D eigenvalue weighted by atomic mass is 79.9. The zero-order valence-electron chi connectivity index (χ0n) is 17.6. The second-order valence-corrected chi connectivity index (χ2v) is 9.10. The second-order valence-electron chi connectivity index (χ2n) is 7.80. The maximum Gasteiger partial charge on any atom is 0.174 e. The first kappa shape index (κ1) is 20.9. The van der Waals surface area contributed by atoms with Gasteiger partial charge in [0.1, 0.15) is 6.04 Å². The summed E-state index contributed by atoms with van der Waals surface area (Å²) in [6.07, 6.45) is 4.95. The zero-order chi connectivity index (χ0) is 22.1. The van der Waals surface area contributed by atoms with E-state index in [-0.39, 0.29) is 12.1 Å². The number of benzene rings is 2. The number of halogens is 1. The van der Waals surface area contributed by atoms with Crippen molar-refractivity contribution in [2.75, 3.05) is 4.90 Å². The van der Waals surface area contributed by atoms with Gasteiger partial charge in [-0.2, -0.15) is 0 Å². The Morgan fingerprint density at radius 2 is 1.81 bits per heavy atom. The van der Waals surface area contributed by atoms with E-state index < -0.39 is 0 Å². The molecule has 0 saturated carbocycles. The van der Waals surface area contributed by atoms with Crippen LogP contribution in [0.15, 0.2) is 95.7 Å². The fourth-order valence-corrected chi connectivity index (χ4v) is 5.06. The summed E-state index contributed by atoms with van der Waals surface area (Å²) in [4.78, 5) is 6.88. The van der Waals surface area contributed by atoms with Crippen LogP contribution >= 0.6 is 28.1 Å². The Hall–Kier alpha value is -2.96. The monoisotopic (exact) mass is 502 g/mol. The molecule has 5 rings (SSSR count). The minimum absolute atomic E-state index is 0.0566. The summed E-state index contributed by atoms with van der Waals surface area (Å²) in [5, 5.41) is 4.25. The molecular formula is C26H23BrN4S. The summed E-state index contributed by atoms with van der Waals surface area (Å²) in [5.41, 5.74) is 5.59. The van der Waals surface area contributed by atoms with E-state index in [1.54, 1.807) is 0 Å². The Morgan fingerprint density at radius 1 is 0.969 bits per heavy atom. The lowest BCUT2D eigenvalue weighted by atomic mass is 10.0. The Morgan fingerprint density at radius 3 is 2.53 bits per heavy atom. The lowest BCUT2D eigenvalue weighted by molar-refractivity contribution is 0.549. The van der Waals surface area contributed by atoms with Gasteiger partial charge in [-0.05, 0) is 78.8 Å². The van der Waals surface area contributed by atoms with Crippen molar-refractivity contribution in [2.24, 2.45) is 0 Å². The van der Waals surface area contributed by atoms with Crippen LogP contribution in [-0.4, -0.2) is 14.7 Å². The predicted octanol–water partition coefficient (Wildman–Crippen LogP) is 6.37. The van der Waals surface area contributed by atoms with Crippen molar-refractivity contribution in [3.8, 4) is 5.69 Å². The van der Waals surface area contributed by atoms with Gasteiger partial charge in [0, 0.05) is 33.9 Å². The summed E-state index contributed by atoms with van der Waals surface area (Å²) in [5.74, 6) is 0. The number of thiocarbonyl (C=S) groups is 1. The van der Waals surface area contributed by atoms with Gasteiger partial charge < -0.3 is 14.8 Å². The molecule has 0 bridgehead atoms. The van der Waals surface area contributed by atoms with Gasteiger partial charge in [0.05, 0.1) is 11.7 Å². The molecule has 4 aromatic rings. The molecule has 3 heterocycles. The third-order valence-electron chi connectivity index (χ3n) is 5.89. The van der Waals surface area contributed by atoms with Gasteiger partial charge in [-0.3, -0.25) is 4.98 Å². The molecule has 1 aliphatic rings. The van der Waals surface area contributed by atoms with Gasteiger partial charge in [0.25, 0.3) is 0 Å². The number of pyridine rings is 1. The quantitative estimate of drug-likeness (QED) is 0.321. The van der Waals surface area contributed by atoms with Crippen LogP contribution in [0.25, 0.3) is 5.69 Å². The van der Waals surface area contributed by atoms with Crippen LogP contribution in [0.4, 0.5) is 5.69 Å². The Bertz CT molecular complexity index is 1240. The van der Waals surface area contributed by atoms with Crippen LogP contribution in [0.1, 0.15) is 36.0 Å². The van der Waals surface area contributed by atoms with Crippen molar-refractivity contribution in [1.29, 1.82) is 0 Å². The minimum Gasteiger partial charge on any atom is -0.351 e. The molecule has 1 fully saturated rings. The molecule has 2 atom stereocenters. The van der Waals surface area contributed by atoms with Crippen molar-refractivity contribution in [1.82, 2.24) is 14.9 Å². The smallest absolute Gasteiger partial charge is 0.174 e. The molecule has 6 heteroatoms. The molecule has 1 aliphatic heterocycles. The molecule has 2 aromatic heterocycles. The van der Waals surface area contributed by atoms with E-state index in [0.717, 1.165) is 33.7 Å². The standard InChI is InChI=1S/C26H23BrN4S/c1-2-18-11-13-20(14-12-18)31-25(24(29-26(31)32)22-9-3-4-15-28-22)23-10-6-16-30(23)21-8-5-7-19(27)17-21/h3-17,24-25H,2H2,1H3,(H,29,32)/t24-,25+/m0/s1. The van der Waals surface area contributed by atoms with E-state index in [1.807, 2.05) is 24.4 Å². The summed E-state index contributed by atoms with van der Waals surface area (Å²) in [6, 6.07) is 27.2. The number of aromatic nitrogens is 2. The average Bonchev–Trinajstić information content (AvgIpc) is 3.44. The topological polar surface area (TPSA) is 33.1 Å². The van der Waals surface area contributed by atoms with Gasteiger partial charge in [-0.25, -0.2) is 0 Å². The van der Waals surface area contributed by atoms with Crippen molar-refractivity contribution in [3.05, 3.63) is 113 Å². The summed E-state index contributed by atoms with van der Waals surface area (Å²) >= 11 is 9.47. The molecule has 0 unspecified atom stereocenters. The van der Waals surface area contributed by atoms with E-state index in [1.165, 1.54) is 5.56 Å². The first-order valence-electron chi connectivity index (χ1n) is 10.7. The number of rotatable bonds is 5. The van der Waals surface area contributed by atoms with Crippen LogP contribution in [0.2, 0.25) is 0 Å². The van der Waals surface area contributed by atoms with E-state index in [2.05, 4.69) is 109 Å². The molecule has 0 aliphatic carbocycles. The van der Waals surface area contributed by atoms with Crippen LogP contribution < -0.4 is 10.2 Å². The van der Waals surface area contributed by atoms with Gasteiger partial charge in [0.2, 0.25) is 0 Å². The molecule has 0 spiro atoms. The number of aryl methyl sites for hydroxylation is 1. The van der Waals surface area contributed by atoms with Gasteiger partial charge in [-0.15, -0.1) is 0 Å². The first-order valence-corrected chi connectivity index (χ1v) is 11.9. The number of hydrogen-bond acceptors (Lipinski definition) is 2. The number of anilines is 1. The Labute approximate surface area is 202 Å². The van der Waals surface area contributed by atoms with Crippen molar-refractivity contribution in [3.63, 3.8) is 0 Å². The van der Waals surface area contributed by atoms with Crippen LogP contribution in [0.5, 0.6) is 0 Å². The molecule has 1 saturated heterocycles. The molecule has 0 radical (unpaired) electrons. The Balaban J connectivity index is 1.65. The van der Waals surface area contributed by atoms with Crippen LogP contribution in [-0.2, 0) is 6.42 Å². The Kier molecular flexibility index (Phi) is 5.81. The first-order chi connectivity index (χ1) is 15.7. The van der Waals surface area contributed by atoms with E-state index in [0.29, 0.717) is 5.11 Å². The summed E-state index contributed by atoms with van der Waals surface area (Å²) < 4.78 is 3.27. The maximum absolute atomic E-state index is 5.86. The van der Waals surface area contributed by atoms with Crippen LogP contribution in [0, 0.1) is 0 Å². The molecule has 4 nitrogen and oxygen atoms in total. The number of nitrogens with zero attached hydrogens (tertiary/aromatic N) is 3. The number of nitrogens with one attached hydrogen (secondary N) is 1. The van der Waals surface area contributed by atoms with Gasteiger partial charge in [0.15, 0.2) is 5.11 Å². The molecule has 2 aromatic carbocycles. The van der Waals surface area contributed by atoms with Crippen molar-refractivity contribution >= 4 is 38.9 Å². The molecule has 160 valence electrons. The van der Waals surface area contributed by atoms with E-state index in [9.17, 15) is 0 Å². The third-order valence-corrected chi connectivity index (χ3v) is 6.70. The predicted molar refractivity (Wildman–Crippen MR) is 137 cm³/mol. The lowest BCUT2D eigenvalue weighted by Crippen LogP contribution is -2.30. The average molecular weight is 503 g/mol. The molecule has 32 heavy (non-hydrogen) atoms. The molecule has 0 amide bonds. The van der Waals surface area contributed by atoms with E-state index >= 15 is 0 Å². The van der Waals surface area contributed by atoms with Crippen LogP contribution in [0.3, 0.4) is 0 Å². The largest absolute Gasteiger partial charge is 0.351 e. The SMILES string of the molecule is CCc1ccc(N2C(=S)N[C@@H](c3ccccn3)[C@H]2c2cccn2-c2cccc(Br)c2)cc1. The lowest BCUT2D eigenvalue weighted by Gasteiger charge is -2.29. The highest BCUT2D eigenvalue weighted by Gasteiger charge is 2.42. The fourth-order valence-electron chi connectivity index (χ4n) is 4.32. The summed E-state index contributed by atoms with van der Waals surface area (Å²) in [7, 11) is 0. The molecular weight excluding hydrogens is 480 g/mol. The third kappa shape index (κ3) is 3.85. The zero-order valence-corrected chi connectivity index (χ0v) is 20.1. The van der Waals surface area contributed by atoms with Crippen molar-refractivity contribution < 1.29 is 0 Å². The summed E-state index contributed by atoms with van der Waals surface area (Å²) in [6.45, 7) is 2.17. The minimum atomic E-state index is -0.0737. The second kappa shape index (κ2) is 8.88. The highest BCUT2D eigenvalue weighted by molar-refractivity contribution is 9.10. The maximum atomic E-state index is 5.86. The highest BCUT2D eigenvalue weighted by Crippen LogP contribution is 2.42. The normalized spacial score (nSPS) is 18.1. The number of hydrogen-bond donors (Lipinski definition) is 1. The van der Waals surface area contributed by atoms with Crippen molar-refractivity contribution in [2.45, 2.75) is 25.4 Å². The fraction of sp³-hybridized carbons (Fsp3) is 0.154. The van der Waals surface area contributed by atoms with Gasteiger partial charge in [-0.1, -0.05) is 47.1 Å². The molecule has 1 N–H and O–H groups in total.